The zero-order valence-electron chi connectivity index (χ0n) is 9.62. The van der Waals surface area contributed by atoms with Crippen LogP contribution >= 0.6 is 23.8 Å². The quantitative estimate of drug-likeness (QED) is 0.658. The molecule has 2 rings (SSSR count). The third-order valence-corrected chi connectivity index (χ3v) is 2.73. The normalized spacial score (nSPS) is 16.7. The largest absolute Gasteiger partial charge is 0.493 e. The highest BCUT2D eigenvalue weighted by Crippen LogP contribution is 2.25. The van der Waals surface area contributed by atoms with Gasteiger partial charge in [-0.3, -0.25) is 10.1 Å². The van der Waals surface area contributed by atoms with Gasteiger partial charge in [-0.05, 0) is 43.4 Å². The Labute approximate surface area is 115 Å². The van der Waals surface area contributed by atoms with Crippen molar-refractivity contribution in [2.24, 2.45) is 0 Å². The van der Waals surface area contributed by atoms with E-state index in [1.807, 2.05) is 6.92 Å². The van der Waals surface area contributed by atoms with Crippen LogP contribution in [0.4, 0.5) is 0 Å². The SMILES string of the molecule is CCOc1ccc(Cl)cc1/C=C1/NC(=S)NC1=O. The summed E-state index contributed by atoms with van der Waals surface area (Å²) in [6.45, 7) is 2.43. The van der Waals surface area contributed by atoms with Crippen molar-refractivity contribution in [3.8, 4) is 5.75 Å². The lowest BCUT2D eigenvalue weighted by molar-refractivity contribution is -0.115. The molecule has 1 fully saturated rings. The maximum atomic E-state index is 11.5. The zero-order chi connectivity index (χ0) is 13.1. The van der Waals surface area contributed by atoms with Gasteiger partial charge in [0.2, 0.25) is 0 Å². The first kappa shape index (κ1) is 12.9. The number of nitrogens with one attached hydrogen (secondary N) is 2. The Morgan fingerprint density at radius 3 is 2.83 bits per heavy atom. The summed E-state index contributed by atoms with van der Waals surface area (Å²) in [4.78, 5) is 11.5. The third kappa shape index (κ3) is 2.80. The second kappa shape index (κ2) is 5.37. The summed E-state index contributed by atoms with van der Waals surface area (Å²) in [5, 5.41) is 6.14. The van der Waals surface area contributed by atoms with Crippen molar-refractivity contribution in [3.05, 3.63) is 34.5 Å². The Balaban J connectivity index is 2.38. The molecule has 1 aliphatic rings. The molecule has 94 valence electrons. The summed E-state index contributed by atoms with van der Waals surface area (Å²) in [6.07, 6.45) is 1.66. The summed E-state index contributed by atoms with van der Waals surface area (Å²) >= 11 is 10.8. The van der Waals surface area contributed by atoms with Crippen molar-refractivity contribution < 1.29 is 9.53 Å². The summed E-state index contributed by atoms with van der Waals surface area (Å²) in [5.41, 5.74) is 1.11. The van der Waals surface area contributed by atoms with Crippen LogP contribution in [0, 0.1) is 0 Å². The van der Waals surface area contributed by atoms with E-state index >= 15 is 0 Å². The van der Waals surface area contributed by atoms with Crippen molar-refractivity contribution in [1.29, 1.82) is 0 Å². The van der Waals surface area contributed by atoms with Gasteiger partial charge in [0.15, 0.2) is 5.11 Å². The lowest BCUT2D eigenvalue weighted by atomic mass is 10.1. The molecule has 0 spiro atoms. The fourth-order valence-corrected chi connectivity index (χ4v) is 1.94. The minimum absolute atomic E-state index is 0.262. The second-order valence-corrected chi connectivity index (χ2v) is 4.43. The molecular formula is C12H11ClN2O2S. The molecule has 0 aromatic heterocycles. The Hall–Kier alpha value is -1.59. The van der Waals surface area contributed by atoms with Crippen molar-refractivity contribution >= 4 is 40.9 Å². The molecule has 2 N–H and O–H groups in total. The molecule has 0 bridgehead atoms. The third-order valence-electron chi connectivity index (χ3n) is 2.29. The van der Waals surface area contributed by atoms with Crippen LogP contribution in [-0.2, 0) is 4.79 Å². The van der Waals surface area contributed by atoms with Gasteiger partial charge in [-0.2, -0.15) is 0 Å². The molecule has 1 saturated heterocycles. The van der Waals surface area contributed by atoms with Crippen LogP contribution in [0.3, 0.4) is 0 Å². The van der Waals surface area contributed by atoms with Gasteiger partial charge in [0.1, 0.15) is 11.4 Å². The molecule has 0 saturated carbocycles. The predicted octanol–water partition coefficient (Wildman–Crippen LogP) is 2.08. The maximum Gasteiger partial charge on any atom is 0.273 e. The van der Waals surface area contributed by atoms with E-state index < -0.39 is 0 Å². The molecule has 0 unspecified atom stereocenters. The summed E-state index contributed by atoms with van der Waals surface area (Å²) in [7, 11) is 0. The molecule has 1 aromatic carbocycles. The number of hydrogen-bond acceptors (Lipinski definition) is 3. The van der Waals surface area contributed by atoms with Gasteiger partial charge in [0.25, 0.3) is 5.91 Å². The van der Waals surface area contributed by atoms with Gasteiger partial charge >= 0.3 is 0 Å². The average Bonchev–Trinajstić information content (AvgIpc) is 2.61. The minimum atomic E-state index is -0.262. The van der Waals surface area contributed by atoms with E-state index in [-0.39, 0.29) is 5.91 Å². The number of carbonyl (C=O) groups is 1. The number of carbonyl (C=O) groups excluding carboxylic acids is 1. The predicted molar refractivity (Wildman–Crippen MR) is 74.5 cm³/mol. The first-order valence-corrected chi connectivity index (χ1v) is 6.15. The first-order chi connectivity index (χ1) is 8.60. The highest BCUT2D eigenvalue weighted by Gasteiger charge is 2.20. The lowest BCUT2D eigenvalue weighted by Crippen LogP contribution is -2.21. The molecule has 1 aliphatic heterocycles. The molecule has 18 heavy (non-hydrogen) atoms. The molecular weight excluding hydrogens is 272 g/mol. The molecule has 0 radical (unpaired) electrons. The van der Waals surface area contributed by atoms with Crippen LogP contribution in [-0.4, -0.2) is 17.6 Å². The van der Waals surface area contributed by atoms with Crippen LogP contribution in [0.15, 0.2) is 23.9 Å². The summed E-state index contributed by atoms with van der Waals surface area (Å²) in [6, 6.07) is 5.24. The monoisotopic (exact) mass is 282 g/mol. The van der Waals surface area contributed by atoms with E-state index in [1.54, 1.807) is 24.3 Å². The van der Waals surface area contributed by atoms with Crippen molar-refractivity contribution in [1.82, 2.24) is 10.6 Å². The number of rotatable bonds is 3. The van der Waals surface area contributed by atoms with Crippen LogP contribution in [0.2, 0.25) is 5.02 Å². The second-order valence-electron chi connectivity index (χ2n) is 3.58. The Morgan fingerprint density at radius 1 is 1.44 bits per heavy atom. The zero-order valence-corrected chi connectivity index (χ0v) is 11.2. The Bertz CT molecular complexity index is 543. The van der Waals surface area contributed by atoms with E-state index in [0.29, 0.717) is 28.2 Å². The first-order valence-electron chi connectivity index (χ1n) is 5.36. The molecule has 1 heterocycles. The molecule has 0 aliphatic carbocycles. The van der Waals surface area contributed by atoms with Gasteiger partial charge in [-0.1, -0.05) is 11.6 Å². The molecule has 6 heteroatoms. The Morgan fingerprint density at radius 2 is 2.22 bits per heavy atom. The van der Waals surface area contributed by atoms with E-state index in [9.17, 15) is 4.79 Å². The van der Waals surface area contributed by atoms with Gasteiger partial charge in [0.05, 0.1) is 6.61 Å². The highest BCUT2D eigenvalue weighted by molar-refractivity contribution is 7.80. The molecule has 1 aromatic rings. The number of amides is 1. The van der Waals surface area contributed by atoms with Crippen molar-refractivity contribution in [2.45, 2.75) is 6.92 Å². The molecule has 0 atom stereocenters. The number of thiocarbonyl (C=S) groups is 1. The lowest BCUT2D eigenvalue weighted by Gasteiger charge is -2.07. The van der Waals surface area contributed by atoms with Gasteiger partial charge < -0.3 is 10.1 Å². The fourth-order valence-electron chi connectivity index (χ4n) is 1.56. The van der Waals surface area contributed by atoms with Gasteiger partial charge in [0, 0.05) is 10.6 Å². The van der Waals surface area contributed by atoms with Crippen molar-refractivity contribution in [2.75, 3.05) is 6.61 Å². The van der Waals surface area contributed by atoms with E-state index in [1.165, 1.54) is 0 Å². The smallest absolute Gasteiger partial charge is 0.273 e. The van der Waals surface area contributed by atoms with Crippen molar-refractivity contribution in [3.63, 3.8) is 0 Å². The van der Waals surface area contributed by atoms with E-state index in [0.717, 1.165) is 5.56 Å². The van der Waals surface area contributed by atoms with E-state index in [4.69, 9.17) is 28.6 Å². The number of benzene rings is 1. The maximum absolute atomic E-state index is 11.5. The van der Waals surface area contributed by atoms with Crippen LogP contribution < -0.4 is 15.4 Å². The Kier molecular flexibility index (Phi) is 3.84. The summed E-state index contributed by atoms with van der Waals surface area (Å²) in [5.74, 6) is 0.407. The minimum Gasteiger partial charge on any atom is -0.493 e. The van der Waals surface area contributed by atoms with Crippen LogP contribution in [0.5, 0.6) is 5.75 Å². The number of ether oxygens (including phenoxy) is 1. The fraction of sp³-hybridized carbons (Fsp3) is 0.167. The average molecular weight is 283 g/mol. The van der Waals surface area contributed by atoms with Crippen LogP contribution in [0.25, 0.3) is 6.08 Å². The van der Waals surface area contributed by atoms with E-state index in [2.05, 4.69) is 10.6 Å². The topological polar surface area (TPSA) is 50.4 Å². The van der Waals surface area contributed by atoms with Gasteiger partial charge in [-0.15, -0.1) is 0 Å². The number of hydrogen-bond donors (Lipinski definition) is 2. The summed E-state index contributed by atoms with van der Waals surface area (Å²) < 4.78 is 5.47. The number of halogens is 1. The highest BCUT2D eigenvalue weighted by atomic mass is 35.5. The molecule has 1 amide bonds. The molecule has 4 nitrogen and oxygen atoms in total. The van der Waals surface area contributed by atoms with Gasteiger partial charge in [-0.25, -0.2) is 0 Å². The standard InChI is InChI=1S/C12H11ClN2O2S/c1-2-17-10-4-3-8(13)5-7(10)6-9-11(16)15-12(18)14-9/h3-6H,2H2,1H3,(H2,14,15,16,18)/b9-6+. The van der Waals surface area contributed by atoms with Crippen LogP contribution in [0.1, 0.15) is 12.5 Å².